The van der Waals surface area contributed by atoms with E-state index in [0.29, 0.717) is 6.04 Å². The molecule has 1 aliphatic carbocycles. The Morgan fingerprint density at radius 1 is 1.33 bits per heavy atom. The summed E-state index contributed by atoms with van der Waals surface area (Å²) in [6.07, 6.45) is 2.83. The van der Waals surface area contributed by atoms with E-state index in [9.17, 15) is 0 Å². The van der Waals surface area contributed by atoms with E-state index < -0.39 is 0 Å². The molecule has 1 fully saturated rings. The molecule has 82 valence electrons. The minimum Gasteiger partial charge on any atom is -0.316 e. The number of rotatable bonds is 5. The quantitative estimate of drug-likeness (QED) is 0.767. The standard InChI is InChI=1S/C13H19NS/c1-10-3-7-12(8-4-10)15-9-13(14-2)11-5-6-11/h3-4,7-8,11,13-14H,5-6,9H2,1-2H3/t13-/m1/s1. The first kappa shape index (κ1) is 11.0. The Kier molecular flexibility index (Phi) is 3.71. The molecule has 2 heteroatoms. The zero-order valence-electron chi connectivity index (χ0n) is 9.49. The van der Waals surface area contributed by atoms with E-state index in [1.54, 1.807) is 0 Å². The van der Waals surface area contributed by atoms with E-state index in [1.165, 1.54) is 29.1 Å². The number of hydrogen-bond donors (Lipinski definition) is 1. The van der Waals surface area contributed by atoms with Crippen LogP contribution < -0.4 is 5.32 Å². The van der Waals surface area contributed by atoms with Crippen molar-refractivity contribution in [1.29, 1.82) is 0 Å². The summed E-state index contributed by atoms with van der Waals surface area (Å²) < 4.78 is 0. The number of benzene rings is 1. The topological polar surface area (TPSA) is 12.0 Å². The van der Waals surface area contributed by atoms with E-state index in [4.69, 9.17) is 0 Å². The summed E-state index contributed by atoms with van der Waals surface area (Å²) in [6.45, 7) is 2.13. The molecule has 1 saturated carbocycles. The predicted octanol–water partition coefficient (Wildman–Crippen LogP) is 3.09. The van der Waals surface area contributed by atoms with Crippen molar-refractivity contribution < 1.29 is 0 Å². The molecule has 0 aromatic heterocycles. The molecule has 0 spiro atoms. The summed E-state index contributed by atoms with van der Waals surface area (Å²) in [6, 6.07) is 9.53. The molecule has 15 heavy (non-hydrogen) atoms. The molecule has 1 nitrogen and oxygen atoms in total. The molecule has 0 bridgehead atoms. The largest absolute Gasteiger partial charge is 0.316 e. The summed E-state index contributed by atoms with van der Waals surface area (Å²) in [5.41, 5.74) is 1.34. The fourth-order valence-electron chi connectivity index (χ4n) is 1.77. The molecule has 0 radical (unpaired) electrons. The van der Waals surface area contributed by atoms with Crippen LogP contribution >= 0.6 is 11.8 Å². The predicted molar refractivity (Wildman–Crippen MR) is 67.5 cm³/mol. The molecular formula is C13H19NS. The van der Waals surface area contributed by atoms with Gasteiger partial charge in [-0.25, -0.2) is 0 Å². The number of nitrogens with one attached hydrogen (secondary N) is 1. The molecule has 0 aliphatic heterocycles. The molecule has 1 N–H and O–H groups in total. The van der Waals surface area contributed by atoms with E-state index in [2.05, 4.69) is 43.6 Å². The van der Waals surface area contributed by atoms with Gasteiger partial charge in [0.15, 0.2) is 0 Å². The fourth-order valence-corrected chi connectivity index (χ4v) is 2.91. The van der Waals surface area contributed by atoms with Crippen LogP contribution in [-0.4, -0.2) is 18.8 Å². The van der Waals surface area contributed by atoms with Crippen LogP contribution in [0.3, 0.4) is 0 Å². The van der Waals surface area contributed by atoms with Crippen molar-refractivity contribution in [2.24, 2.45) is 5.92 Å². The third-order valence-electron chi connectivity index (χ3n) is 3.01. The van der Waals surface area contributed by atoms with Crippen LogP contribution in [0.5, 0.6) is 0 Å². The average Bonchev–Trinajstić information content (AvgIpc) is 3.06. The van der Waals surface area contributed by atoms with Gasteiger partial charge in [0.25, 0.3) is 0 Å². The molecule has 0 saturated heterocycles. The maximum absolute atomic E-state index is 3.42. The van der Waals surface area contributed by atoms with Crippen LogP contribution in [0, 0.1) is 12.8 Å². The lowest BCUT2D eigenvalue weighted by molar-refractivity contribution is 0.554. The number of aryl methyl sites for hydroxylation is 1. The minimum absolute atomic E-state index is 0.705. The Morgan fingerprint density at radius 2 is 2.00 bits per heavy atom. The Hall–Kier alpha value is -0.470. The van der Waals surface area contributed by atoms with Gasteiger partial charge in [0.05, 0.1) is 0 Å². The average molecular weight is 221 g/mol. The summed E-state index contributed by atoms with van der Waals surface area (Å²) in [7, 11) is 2.08. The van der Waals surface area contributed by atoms with Crippen molar-refractivity contribution in [3.8, 4) is 0 Å². The summed E-state index contributed by atoms with van der Waals surface area (Å²) in [5.74, 6) is 2.14. The summed E-state index contributed by atoms with van der Waals surface area (Å²) in [5, 5.41) is 3.42. The first-order valence-electron chi connectivity index (χ1n) is 5.66. The van der Waals surface area contributed by atoms with Gasteiger partial charge in [-0.15, -0.1) is 11.8 Å². The van der Waals surface area contributed by atoms with Gasteiger partial charge >= 0.3 is 0 Å². The molecule has 0 heterocycles. The zero-order chi connectivity index (χ0) is 10.7. The zero-order valence-corrected chi connectivity index (χ0v) is 10.3. The van der Waals surface area contributed by atoms with E-state index in [1.807, 2.05) is 11.8 Å². The highest BCUT2D eigenvalue weighted by atomic mass is 32.2. The molecule has 0 amide bonds. The van der Waals surface area contributed by atoms with Crippen LogP contribution in [0.25, 0.3) is 0 Å². The van der Waals surface area contributed by atoms with Crippen LogP contribution in [-0.2, 0) is 0 Å². The van der Waals surface area contributed by atoms with Crippen molar-refractivity contribution in [3.05, 3.63) is 29.8 Å². The molecule has 0 unspecified atom stereocenters. The summed E-state index contributed by atoms with van der Waals surface area (Å²) in [4.78, 5) is 1.39. The minimum atomic E-state index is 0.705. The van der Waals surface area contributed by atoms with E-state index >= 15 is 0 Å². The molecule has 1 aliphatic rings. The van der Waals surface area contributed by atoms with Gasteiger partial charge in [0, 0.05) is 16.7 Å². The lowest BCUT2D eigenvalue weighted by Crippen LogP contribution is -2.29. The van der Waals surface area contributed by atoms with Gasteiger partial charge in [-0.1, -0.05) is 17.7 Å². The van der Waals surface area contributed by atoms with Gasteiger partial charge in [-0.3, -0.25) is 0 Å². The van der Waals surface area contributed by atoms with Crippen LogP contribution in [0.2, 0.25) is 0 Å². The van der Waals surface area contributed by atoms with Crippen molar-refractivity contribution in [1.82, 2.24) is 5.32 Å². The normalized spacial score (nSPS) is 17.7. The van der Waals surface area contributed by atoms with Crippen molar-refractivity contribution in [2.75, 3.05) is 12.8 Å². The van der Waals surface area contributed by atoms with E-state index in [-0.39, 0.29) is 0 Å². The highest BCUT2D eigenvalue weighted by Gasteiger charge is 2.29. The second kappa shape index (κ2) is 5.04. The van der Waals surface area contributed by atoms with Gasteiger partial charge < -0.3 is 5.32 Å². The van der Waals surface area contributed by atoms with E-state index in [0.717, 1.165) is 5.92 Å². The first-order valence-corrected chi connectivity index (χ1v) is 6.65. The van der Waals surface area contributed by atoms with Gasteiger partial charge in [0.1, 0.15) is 0 Å². The number of thioether (sulfide) groups is 1. The molecule has 1 aromatic carbocycles. The summed E-state index contributed by atoms with van der Waals surface area (Å²) >= 11 is 1.97. The molecule has 1 aromatic rings. The van der Waals surface area contributed by atoms with Crippen LogP contribution in [0.15, 0.2) is 29.2 Å². The maximum atomic E-state index is 3.42. The molecule has 2 rings (SSSR count). The van der Waals surface area contributed by atoms with Crippen molar-refractivity contribution in [2.45, 2.75) is 30.7 Å². The molecular weight excluding hydrogens is 202 g/mol. The second-order valence-corrected chi connectivity index (χ2v) is 5.45. The van der Waals surface area contributed by atoms with Gasteiger partial charge in [0.2, 0.25) is 0 Å². The highest BCUT2D eigenvalue weighted by molar-refractivity contribution is 7.99. The monoisotopic (exact) mass is 221 g/mol. The van der Waals surface area contributed by atoms with Crippen LogP contribution in [0.1, 0.15) is 18.4 Å². The Balaban J connectivity index is 1.83. The highest BCUT2D eigenvalue weighted by Crippen LogP contribution is 2.34. The Bertz CT molecular complexity index is 303. The third kappa shape index (κ3) is 3.25. The fraction of sp³-hybridized carbons (Fsp3) is 0.538. The molecule has 1 atom stereocenters. The third-order valence-corrected chi connectivity index (χ3v) is 4.14. The van der Waals surface area contributed by atoms with Crippen molar-refractivity contribution >= 4 is 11.8 Å². The number of hydrogen-bond acceptors (Lipinski definition) is 2. The second-order valence-electron chi connectivity index (χ2n) is 4.36. The maximum Gasteiger partial charge on any atom is 0.0186 e. The lowest BCUT2D eigenvalue weighted by Gasteiger charge is -2.14. The first-order chi connectivity index (χ1) is 7.29. The van der Waals surface area contributed by atoms with Crippen LogP contribution in [0.4, 0.5) is 0 Å². The van der Waals surface area contributed by atoms with Gasteiger partial charge in [-0.2, -0.15) is 0 Å². The smallest absolute Gasteiger partial charge is 0.0186 e. The Labute approximate surface area is 96.7 Å². The Morgan fingerprint density at radius 3 is 2.53 bits per heavy atom. The van der Waals surface area contributed by atoms with Gasteiger partial charge in [-0.05, 0) is 44.9 Å². The lowest BCUT2D eigenvalue weighted by atomic mass is 10.2. The van der Waals surface area contributed by atoms with Crippen molar-refractivity contribution in [3.63, 3.8) is 0 Å². The SMILES string of the molecule is CN[C@H](CSc1ccc(C)cc1)C1CC1.